The summed E-state index contributed by atoms with van der Waals surface area (Å²) in [7, 11) is 2.06. The Morgan fingerprint density at radius 2 is 2.33 bits per heavy atom. The van der Waals surface area contributed by atoms with Crippen molar-refractivity contribution >= 4 is 27.3 Å². The van der Waals surface area contributed by atoms with Gasteiger partial charge in [-0.25, -0.2) is 0 Å². The maximum Gasteiger partial charge on any atom is 0.0701 e. The molecule has 0 aliphatic rings. The summed E-state index contributed by atoms with van der Waals surface area (Å²) < 4.78 is 1.17. The van der Waals surface area contributed by atoms with Crippen molar-refractivity contribution in [3.8, 4) is 6.07 Å². The lowest BCUT2D eigenvalue weighted by Crippen LogP contribution is -2.23. The van der Waals surface area contributed by atoms with Crippen molar-refractivity contribution in [1.29, 1.82) is 5.26 Å². The molecule has 0 bridgehead atoms. The highest BCUT2D eigenvalue weighted by Gasteiger charge is 2.09. The van der Waals surface area contributed by atoms with Gasteiger partial charge in [0.05, 0.1) is 15.8 Å². The second-order valence-electron chi connectivity index (χ2n) is 3.64. The van der Waals surface area contributed by atoms with Gasteiger partial charge in [0.25, 0.3) is 0 Å². The van der Waals surface area contributed by atoms with E-state index in [9.17, 15) is 0 Å². The van der Waals surface area contributed by atoms with Gasteiger partial charge < -0.3 is 0 Å². The fourth-order valence-corrected chi connectivity index (χ4v) is 2.97. The SMILES string of the molecule is CCC(C#N)CN(C)Cc1ccc(Br)s1. The molecule has 1 rings (SSSR count). The predicted molar refractivity (Wildman–Crippen MR) is 67.7 cm³/mol. The highest BCUT2D eigenvalue weighted by atomic mass is 79.9. The van der Waals surface area contributed by atoms with Crippen LogP contribution in [-0.2, 0) is 6.54 Å². The number of thiophene rings is 1. The molecule has 0 aliphatic heterocycles. The smallest absolute Gasteiger partial charge is 0.0701 e. The average Bonchev–Trinajstić information content (AvgIpc) is 2.60. The second kappa shape index (κ2) is 6.26. The van der Waals surface area contributed by atoms with E-state index in [0.717, 1.165) is 19.5 Å². The summed E-state index contributed by atoms with van der Waals surface area (Å²) in [4.78, 5) is 3.53. The molecule has 0 spiro atoms. The first-order valence-electron chi connectivity index (χ1n) is 4.98. The number of hydrogen-bond acceptors (Lipinski definition) is 3. The summed E-state index contributed by atoms with van der Waals surface area (Å²) in [5.41, 5.74) is 0. The number of rotatable bonds is 5. The minimum Gasteiger partial charge on any atom is -0.300 e. The first-order valence-corrected chi connectivity index (χ1v) is 6.59. The van der Waals surface area contributed by atoms with Crippen molar-refractivity contribution in [3.63, 3.8) is 0 Å². The van der Waals surface area contributed by atoms with Gasteiger partial charge in [0.2, 0.25) is 0 Å². The monoisotopic (exact) mass is 286 g/mol. The molecule has 0 aliphatic carbocycles. The van der Waals surface area contributed by atoms with Crippen LogP contribution >= 0.6 is 27.3 Å². The maximum atomic E-state index is 8.86. The molecule has 1 heterocycles. The Hall–Kier alpha value is -0.370. The third-order valence-corrected chi connectivity index (χ3v) is 3.87. The fourth-order valence-electron chi connectivity index (χ4n) is 1.40. The van der Waals surface area contributed by atoms with Gasteiger partial charge in [0.15, 0.2) is 0 Å². The Kier molecular flexibility index (Phi) is 5.30. The van der Waals surface area contributed by atoms with Gasteiger partial charge in [-0.1, -0.05) is 6.92 Å². The molecule has 0 amide bonds. The minimum absolute atomic E-state index is 0.151. The van der Waals surface area contributed by atoms with E-state index in [0.29, 0.717) is 0 Å². The zero-order valence-electron chi connectivity index (χ0n) is 9.03. The van der Waals surface area contributed by atoms with Crippen molar-refractivity contribution in [2.24, 2.45) is 5.92 Å². The number of nitrogens with zero attached hydrogens (tertiary/aromatic N) is 2. The van der Waals surface area contributed by atoms with Crippen LogP contribution in [0, 0.1) is 17.2 Å². The highest BCUT2D eigenvalue weighted by Crippen LogP contribution is 2.23. The summed E-state index contributed by atoms with van der Waals surface area (Å²) in [6, 6.07) is 6.51. The van der Waals surface area contributed by atoms with Gasteiger partial charge in [-0.05, 0) is 41.5 Å². The third kappa shape index (κ3) is 4.33. The summed E-state index contributed by atoms with van der Waals surface area (Å²) >= 11 is 5.20. The van der Waals surface area contributed by atoms with Crippen molar-refractivity contribution in [2.75, 3.05) is 13.6 Å². The van der Waals surface area contributed by atoms with Crippen LogP contribution in [-0.4, -0.2) is 18.5 Å². The highest BCUT2D eigenvalue weighted by molar-refractivity contribution is 9.11. The molecule has 15 heavy (non-hydrogen) atoms. The summed E-state index contributed by atoms with van der Waals surface area (Å²) in [6.45, 7) is 3.83. The van der Waals surface area contributed by atoms with Gasteiger partial charge in [-0.2, -0.15) is 5.26 Å². The third-order valence-electron chi connectivity index (χ3n) is 2.26. The fraction of sp³-hybridized carbons (Fsp3) is 0.545. The first kappa shape index (κ1) is 12.7. The molecule has 1 aromatic rings. The Morgan fingerprint density at radius 3 is 2.80 bits per heavy atom. The Balaban J connectivity index is 2.42. The van der Waals surface area contributed by atoms with Gasteiger partial charge in [-0.15, -0.1) is 11.3 Å². The molecular weight excluding hydrogens is 272 g/mol. The van der Waals surface area contributed by atoms with E-state index in [1.54, 1.807) is 11.3 Å². The van der Waals surface area contributed by atoms with E-state index in [-0.39, 0.29) is 5.92 Å². The molecule has 0 saturated carbocycles. The Labute approximate surface area is 104 Å². The molecule has 0 saturated heterocycles. The van der Waals surface area contributed by atoms with Crippen LogP contribution in [0.3, 0.4) is 0 Å². The number of hydrogen-bond donors (Lipinski definition) is 0. The maximum absolute atomic E-state index is 8.86. The normalized spacial score (nSPS) is 12.7. The molecule has 82 valence electrons. The molecule has 2 nitrogen and oxygen atoms in total. The van der Waals surface area contributed by atoms with E-state index in [1.165, 1.54) is 8.66 Å². The lowest BCUT2D eigenvalue weighted by atomic mass is 10.1. The zero-order chi connectivity index (χ0) is 11.3. The van der Waals surface area contributed by atoms with Crippen LogP contribution in [0.2, 0.25) is 0 Å². The molecule has 1 atom stereocenters. The van der Waals surface area contributed by atoms with E-state index in [4.69, 9.17) is 5.26 Å². The van der Waals surface area contributed by atoms with Crippen LogP contribution in [0.15, 0.2) is 15.9 Å². The van der Waals surface area contributed by atoms with Crippen molar-refractivity contribution in [3.05, 3.63) is 20.8 Å². The van der Waals surface area contributed by atoms with Crippen molar-refractivity contribution in [1.82, 2.24) is 4.90 Å². The molecule has 0 fully saturated rings. The summed E-state index contributed by atoms with van der Waals surface area (Å²) in [6.07, 6.45) is 0.926. The van der Waals surface area contributed by atoms with Gasteiger partial charge >= 0.3 is 0 Å². The molecule has 1 aromatic heterocycles. The van der Waals surface area contributed by atoms with Crippen LogP contribution < -0.4 is 0 Å². The first-order chi connectivity index (χ1) is 7.15. The number of nitriles is 1. The van der Waals surface area contributed by atoms with Crippen LogP contribution in [0.5, 0.6) is 0 Å². The molecule has 0 radical (unpaired) electrons. The molecule has 0 aromatic carbocycles. The number of halogens is 1. The van der Waals surface area contributed by atoms with E-state index >= 15 is 0 Å². The van der Waals surface area contributed by atoms with Gasteiger partial charge in [0.1, 0.15) is 0 Å². The lowest BCUT2D eigenvalue weighted by molar-refractivity contribution is 0.295. The minimum atomic E-state index is 0.151. The zero-order valence-corrected chi connectivity index (χ0v) is 11.4. The average molecular weight is 287 g/mol. The predicted octanol–water partition coefficient (Wildman–Crippen LogP) is 3.49. The van der Waals surface area contributed by atoms with E-state index in [2.05, 4.69) is 53.0 Å². The van der Waals surface area contributed by atoms with Gasteiger partial charge in [0, 0.05) is 18.0 Å². The molecule has 1 unspecified atom stereocenters. The quantitative estimate of drug-likeness (QED) is 0.829. The van der Waals surface area contributed by atoms with Crippen LogP contribution in [0.1, 0.15) is 18.2 Å². The Morgan fingerprint density at radius 1 is 1.60 bits per heavy atom. The summed E-state index contributed by atoms with van der Waals surface area (Å²) in [5.74, 6) is 0.151. The standard InChI is InChI=1S/C11H15BrN2S/c1-3-9(6-13)7-14(2)8-10-4-5-11(12)15-10/h4-5,9H,3,7-8H2,1-2H3. The molecular formula is C11H15BrN2S. The molecule has 0 N–H and O–H groups in total. The largest absolute Gasteiger partial charge is 0.300 e. The topological polar surface area (TPSA) is 27.0 Å². The van der Waals surface area contributed by atoms with Crippen molar-refractivity contribution in [2.45, 2.75) is 19.9 Å². The lowest BCUT2D eigenvalue weighted by Gasteiger charge is -2.17. The van der Waals surface area contributed by atoms with Gasteiger partial charge in [-0.3, -0.25) is 4.90 Å². The van der Waals surface area contributed by atoms with Crippen LogP contribution in [0.4, 0.5) is 0 Å². The van der Waals surface area contributed by atoms with E-state index < -0.39 is 0 Å². The van der Waals surface area contributed by atoms with E-state index in [1.807, 2.05) is 0 Å². The second-order valence-corrected chi connectivity index (χ2v) is 6.18. The summed E-state index contributed by atoms with van der Waals surface area (Å²) in [5, 5.41) is 8.86. The van der Waals surface area contributed by atoms with Crippen LogP contribution in [0.25, 0.3) is 0 Å². The molecule has 4 heteroatoms. The Bertz CT molecular complexity index is 343. The van der Waals surface area contributed by atoms with Crippen molar-refractivity contribution < 1.29 is 0 Å².